The van der Waals surface area contributed by atoms with Gasteiger partial charge < -0.3 is 19.5 Å². The van der Waals surface area contributed by atoms with Crippen LogP contribution in [0.2, 0.25) is 0 Å². The van der Waals surface area contributed by atoms with Crippen molar-refractivity contribution in [1.82, 2.24) is 9.55 Å². The van der Waals surface area contributed by atoms with Crippen molar-refractivity contribution in [2.24, 2.45) is 7.05 Å². The summed E-state index contributed by atoms with van der Waals surface area (Å²) in [4.78, 5) is 14.7. The number of carboxylic acid groups (broad SMARTS) is 1. The largest absolute Gasteiger partial charge is 0.755 e. The minimum atomic E-state index is -2.42. The Morgan fingerprint density at radius 1 is 1.45 bits per heavy atom. The van der Waals surface area contributed by atoms with Gasteiger partial charge in [-0.15, -0.1) is 0 Å². The first-order chi connectivity index (χ1) is 10.5. The van der Waals surface area contributed by atoms with E-state index in [2.05, 4.69) is 10.3 Å². The molecule has 0 amide bonds. The van der Waals surface area contributed by atoms with Gasteiger partial charge in [-0.3, -0.25) is 8.51 Å². The van der Waals surface area contributed by atoms with Gasteiger partial charge in [0.15, 0.2) is 5.82 Å². The maximum absolute atomic E-state index is 11.3. The summed E-state index contributed by atoms with van der Waals surface area (Å²) in [6.07, 6.45) is 3.13. The van der Waals surface area contributed by atoms with Crippen molar-refractivity contribution in [3.63, 3.8) is 0 Å². The molecule has 1 heterocycles. The molecule has 0 saturated carbocycles. The number of carbonyl (C=O) groups is 1. The number of rotatable bonds is 7. The fourth-order valence-electron chi connectivity index (χ4n) is 1.83. The summed E-state index contributed by atoms with van der Waals surface area (Å²) >= 11 is -2.42. The van der Waals surface area contributed by atoms with Crippen molar-refractivity contribution in [3.8, 4) is 0 Å². The molecule has 118 valence electrons. The second-order valence-electron chi connectivity index (χ2n) is 4.53. The number of aryl methyl sites for hydroxylation is 1. The van der Waals surface area contributed by atoms with Crippen LogP contribution in [0.3, 0.4) is 0 Å². The lowest BCUT2D eigenvalue weighted by Crippen LogP contribution is -2.31. The second-order valence-corrected chi connectivity index (χ2v) is 5.40. The molecular formula is C13H15N4O4S-. The number of hydrogen-bond acceptors (Lipinski definition) is 5. The SMILES string of the molecule is Cn1cnc(N(CCNc2ccc(C(=O)O)cc2)S(=O)[O-])c1. The number of nitrogens with one attached hydrogen (secondary N) is 1. The molecule has 0 bridgehead atoms. The van der Waals surface area contributed by atoms with E-state index in [4.69, 9.17) is 5.11 Å². The van der Waals surface area contributed by atoms with Crippen molar-refractivity contribution < 1.29 is 18.7 Å². The monoisotopic (exact) mass is 323 g/mol. The summed E-state index contributed by atoms with van der Waals surface area (Å²) in [5.41, 5.74) is 0.906. The zero-order valence-electron chi connectivity index (χ0n) is 11.8. The minimum absolute atomic E-state index is 0.196. The molecule has 8 nitrogen and oxygen atoms in total. The van der Waals surface area contributed by atoms with E-state index in [1.807, 2.05) is 0 Å². The Hall–Kier alpha value is -2.39. The molecule has 2 aromatic rings. The Bertz CT molecular complexity index is 671. The van der Waals surface area contributed by atoms with Crippen LogP contribution in [0.5, 0.6) is 0 Å². The molecule has 1 atom stereocenters. The third-order valence-electron chi connectivity index (χ3n) is 2.90. The Labute approximate surface area is 129 Å². The molecule has 0 saturated heterocycles. The molecule has 0 aliphatic heterocycles. The van der Waals surface area contributed by atoms with Gasteiger partial charge in [-0.25, -0.2) is 9.78 Å². The van der Waals surface area contributed by atoms with Gasteiger partial charge in [-0.05, 0) is 24.3 Å². The maximum Gasteiger partial charge on any atom is 0.335 e. The number of carboxylic acids is 1. The van der Waals surface area contributed by atoms with Crippen LogP contribution in [0.15, 0.2) is 36.8 Å². The van der Waals surface area contributed by atoms with Crippen LogP contribution < -0.4 is 9.62 Å². The molecule has 0 fully saturated rings. The molecule has 0 radical (unpaired) electrons. The summed E-state index contributed by atoms with van der Waals surface area (Å²) in [6.45, 7) is 0.560. The zero-order chi connectivity index (χ0) is 16.1. The van der Waals surface area contributed by atoms with Gasteiger partial charge in [0.05, 0.1) is 11.9 Å². The van der Waals surface area contributed by atoms with Crippen LogP contribution in [0, 0.1) is 0 Å². The first-order valence-electron chi connectivity index (χ1n) is 6.39. The van der Waals surface area contributed by atoms with Gasteiger partial charge in [0.1, 0.15) is 0 Å². The van der Waals surface area contributed by atoms with Gasteiger partial charge in [0.2, 0.25) is 0 Å². The Balaban J connectivity index is 1.93. The van der Waals surface area contributed by atoms with Crippen molar-refractivity contribution in [1.29, 1.82) is 0 Å². The van der Waals surface area contributed by atoms with Crippen LogP contribution in [-0.4, -0.2) is 42.5 Å². The third kappa shape index (κ3) is 4.06. The molecular weight excluding hydrogens is 308 g/mol. The average Bonchev–Trinajstić information content (AvgIpc) is 2.90. The Morgan fingerprint density at radius 3 is 2.64 bits per heavy atom. The van der Waals surface area contributed by atoms with E-state index < -0.39 is 17.2 Å². The van der Waals surface area contributed by atoms with Gasteiger partial charge in [-0.2, -0.15) is 0 Å². The zero-order valence-corrected chi connectivity index (χ0v) is 12.6. The highest BCUT2D eigenvalue weighted by Gasteiger charge is 2.09. The number of anilines is 2. The van der Waals surface area contributed by atoms with Crippen molar-refractivity contribution in [2.45, 2.75) is 0 Å². The summed E-state index contributed by atoms with van der Waals surface area (Å²) in [5, 5.41) is 11.8. The Kier molecular flexibility index (Phi) is 5.12. The van der Waals surface area contributed by atoms with E-state index in [1.54, 1.807) is 29.9 Å². The summed E-state index contributed by atoms with van der Waals surface area (Å²) in [6, 6.07) is 6.21. The van der Waals surface area contributed by atoms with Crippen molar-refractivity contribution in [2.75, 3.05) is 22.7 Å². The standard InChI is InChI=1S/C13H16N4O4S/c1-16-8-12(15-9-16)17(22(20)21)7-6-14-11-4-2-10(3-5-11)13(18)19/h2-5,8-9,14H,6-7H2,1H3,(H,18,19)(H,20,21)/p-1. The van der Waals surface area contributed by atoms with Gasteiger partial charge >= 0.3 is 5.97 Å². The number of nitrogens with zero attached hydrogens (tertiary/aromatic N) is 3. The van der Waals surface area contributed by atoms with Crippen LogP contribution in [-0.2, 0) is 18.3 Å². The van der Waals surface area contributed by atoms with Gasteiger partial charge in [-0.1, -0.05) is 0 Å². The quantitative estimate of drug-likeness (QED) is 0.730. The maximum atomic E-state index is 11.3. The number of imidazole rings is 1. The van der Waals surface area contributed by atoms with E-state index in [0.717, 1.165) is 4.31 Å². The van der Waals surface area contributed by atoms with Crippen molar-refractivity contribution >= 4 is 28.7 Å². The molecule has 1 aromatic carbocycles. The summed E-state index contributed by atoms with van der Waals surface area (Å²) < 4.78 is 25.3. The lowest BCUT2D eigenvalue weighted by molar-refractivity contribution is 0.0697. The second kappa shape index (κ2) is 7.05. The molecule has 9 heteroatoms. The van der Waals surface area contributed by atoms with E-state index in [-0.39, 0.29) is 12.1 Å². The van der Waals surface area contributed by atoms with Crippen molar-refractivity contribution in [3.05, 3.63) is 42.4 Å². The lowest BCUT2D eigenvalue weighted by atomic mass is 10.2. The van der Waals surface area contributed by atoms with Crippen LogP contribution in [0.4, 0.5) is 11.5 Å². The molecule has 0 spiro atoms. The van der Waals surface area contributed by atoms with Crippen LogP contribution in [0.25, 0.3) is 0 Å². The Morgan fingerprint density at radius 2 is 2.14 bits per heavy atom. The highest BCUT2D eigenvalue weighted by Crippen LogP contribution is 2.12. The first-order valence-corrected chi connectivity index (χ1v) is 7.42. The molecule has 2 N–H and O–H groups in total. The van der Waals surface area contributed by atoms with E-state index in [0.29, 0.717) is 18.1 Å². The first kappa shape index (κ1) is 16.0. The topological polar surface area (TPSA) is 111 Å². The van der Waals surface area contributed by atoms with Crippen LogP contribution in [0.1, 0.15) is 10.4 Å². The molecule has 0 aliphatic carbocycles. The van der Waals surface area contributed by atoms with E-state index in [9.17, 15) is 13.6 Å². The smallest absolute Gasteiger partial charge is 0.335 e. The molecule has 1 unspecified atom stereocenters. The molecule has 1 aromatic heterocycles. The van der Waals surface area contributed by atoms with Crippen LogP contribution >= 0.6 is 0 Å². The number of aromatic carboxylic acids is 1. The summed E-state index contributed by atoms with van der Waals surface area (Å²) in [7, 11) is 1.75. The van der Waals surface area contributed by atoms with Gasteiger partial charge in [0.25, 0.3) is 0 Å². The number of hydrogen-bond donors (Lipinski definition) is 2. The lowest BCUT2D eigenvalue weighted by Gasteiger charge is -2.24. The average molecular weight is 323 g/mol. The highest BCUT2D eigenvalue weighted by atomic mass is 32.2. The molecule has 22 heavy (non-hydrogen) atoms. The third-order valence-corrected chi connectivity index (χ3v) is 3.63. The number of benzene rings is 1. The normalized spacial score (nSPS) is 11.9. The van der Waals surface area contributed by atoms with E-state index in [1.165, 1.54) is 18.5 Å². The number of aromatic nitrogens is 2. The molecule has 2 rings (SSSR count). The highest BCUT2D eigenvalue weighted by molar-refractivity contribution is 7.80. The molecule has 0 aliphatic rings. The summed E-state index contributed by atoms with van der Waals surface area (Å²) in [5.74, 6) is -0.645. The van der Waals surface area contributed by atoms with Gasteiger partial charge in [0, 0.05) is 43.3 Å². The predicted molar refractivity (Wildman–Crippen MR) is 81.4 cm³/mol. The fourth-order valence-corrected chi connectivity index (χ4v) is 2.31. The minimum Gasteiger partial charge on any atom is -0.755 e. The van der Waals surface area contributed by atoms with E-state index >= 15 is 0 Å². The fraction of sp³-hybridized carbons (Fsp3) is 0.231. The predicted octanol–water partition coefficient (Wildman–Crippen LogP) is 0.831.